The Balaban J connectivity index is 2.82. The van der Waals surface area contributed by atoms with Gasteiger partial charge in [0.1, 0.15) is 0 Å². The van der Waals surface area contributed by atoms with Crippen LogP contribution in [0, 0.1) is 0 Å². The Hall–Kier alpha value is -0.730. The molecule has 0 bridgehead atoms. The first-order valence-electron chi connectivity index (χ1n) is 3.89. The lowest BCUT2D eigenvalue weighted by Gasteiger charge is -2.06. The molecule has 0 amide bonds. The summed E-state index contributed by atoms with van der Waals surface area (Å²) >= 11 is 5.76. The van der Waals surface area contributed by atoms with Gasteiger partial charge in [-0.05, 0) is 31.0 Å². The summed E-state index contributed by atoms with van der Waals surface area (Å²) in [6, 6.07) is 5.77. The minimum atomic E-state index is 0.158. The van der Waals surface area contributed by atoms with Crippen molar-refractivity contribution in [1.29, 1.82) is 0 Å². The van der Waals surface area contributed by atoms with Crippen LogP contribution >= 0.6 is 11.6 Å². The van der Waals surface area contributed by atoms with Gasteiger partial charge in [-0.1, -0.05) is 17.7 Å². The van der Waals surface area contributed by atoms with Gasteiger partial charge in [-0.2, -0.15) is 0 Å². The summed E-state index contributed by atoms with van der Waals surface area (Å²) in [5.41, 5.74) is 13.0. The highest BCUT2D eigenvalue weighted by atomic mass is 35.5. The second kappa shape index (κ2) is 3.78. The molecule has 0 saturated carbocycles. The van der Waals surface area contributed by atoms with Crippen LogP contribution in [0.1, 0.15) is 12.5 Å². The molecule has 1 rings (SSSR count). The molecule has 0 radical (unpaired) electrons. The van der Waals surface area contributed by atoms with Gasteiger partial charge in [0.25, 0.3) is 0 Å². The number of hydrogen-bond donors (Lipinski definition) is 2. The Morgan fingerprint density at radius 2 is 2.17 bits per heavy atom. The minimum Gasteiger partial charge on any atom is -0.398 e. The van der Waals surface area contributed by atoms with E-state index in [1.807, 2.05) is 19.1 Å². The molecule has 1 aromatic carbocycles. The first-order valence-corrected chi connectivity index (χ1v) is 4.27. The average molecular weight is 185 g/mol. The van der Waals surface area contributed by atoms with Crippen LogP contribution in [0.4, 0.5) is 5.69 Å². The molecule has 2 nitrogen and oxygen atoms in total. The van der Waals surface area contributed by atoms with Crippen molar-refractivity contribution >= 4 is 17.3 Å². The Morgan fingerprint density at radius 3 is 2.67 bits per heavy atom. The van der Waals surface area contributed by atoms with Gasteiger partial charge >= 0.3 is 0 Å². The maximum Gasteiger partial charge on any atom is 0.0635 e. The number of halogens is 1. The Morgan fingerprint density at radius 1 is 1.50 bits per heavy atom. The average Bonchev–Trinajstić information content (AvgIpc) is 1.96. The van der Waals surface area contributed by atoms with Crippen molar-refractivity contribution in [2.45, 2.75) is 19.4 Å². The standard InChI is InChI=1S/C9H13ClN2/c1-6(11)4-7-2-3-8(10)9(12)5-7/h2-3,5-6H,4,11-12H2,1H3. The van der Waals surface area contributed by atoms with Crippen molar-refractivity contribution in [3.05, 3.63) is 28.8 Å². The summed E-state index contributed by atoms with van der Waals surface area (Å²) in [7, 11) is 0. The SMILES string of the molecule is CC(N)Cc1ccc(Cl)c(N)c1. The molecule has 0 aliphatic rings. The number of hydrogen-bond acceptors (Lipinski definition) is 2. The molecule has 1 unspecified atom stereocenters. The number of rotatable bonds is 2. The fraction of sp³-hybridized carbons (Fsp3) is 0.333. The minimum absolute atomic E-state index is 0.158. The maximum absolute atomic E-state index is 5.76. The molecule has 0 saturated heterocycles. The molecule has 0 fully saturated rings. The Kier molecular flexibility index (Phi) is 2.95. The molecule has 1 atom stereocenters. The highest BCUT2D eigenvalue weighted by Crippen LogP contribution is 2.19. The van der Waals surface area contributed by atoms with Crippen LogP contribution in [-0.2, 0) is 6.42 Å². The van der Waals surface area contributed by atoms with Gasteiger partial charge in [0.15, 0.2) is 0 Å². The summed E-state index contributed by atoms with van der Waals surface area (Å²) in [6.45, 7) is 1.96. The zero-order chi connectivity index (χ0) is 9.14. The lowest BCUT2D eigenvalue weighted by molar-refractivity contribution is 0.738. The number of nitrogen functional groups attached to an aromatic ring is 1. The fourth-order valence-corrected chi connectivity index (χ4v) is 1.21. The first kappa shape index (κ1) is 9.36. The summed E-state index contributed by atoms with van der Waals surface area (Å²) in [5, 5.41) is 0.600. The fourth-order valence-electron chi connectivity index (χ4n) is 1.09. The van der Waals surface area contributed by atoms with E-state index in [0.29, 0.717) is 10.7 Å². The zero-order valence-corrected chi connectivity index (χ0v) is 7.81. The van der Waals surface area contributed by atoms with Crippen molar-refractivity contribution in [2.75, 3.05) is 5.73 Å². The molecule has 3 heteroatoms. The smallest absolute Gasteiger partial charge is 0.0635 e. The number of nitrogens with two attached hydrogens (primary N) is 2. The monoisotopic (exact) mass is 184 g/mol. The Labute approximate surface area is 77.5 Å². The third kappa shape index (κ3) is 2.40. The van der Waals surface area contributed by atoms with Crippen molar-refractivity contribution in [2.24, 2.45) is 5.73 Å². The van der Waals surface area contributed by atoms with Gasteiger partial charge in [0.2, 0.25) is 0 Å². The third-order valence-electron chi connectivity index (χ3n) is 1.62. The predicted octanol–water partition coefficient (Wildman–Crippen LogP) is 1.81. The van der Waals surface area contributed by atoms with Crippen molar-refractivity contribution in [3.8, 4) is 0 Å². The van der Waals surface area contributed by atoms with Crippen LogP contribution < -0.4 is 11.5 Å². The lowest BCUT2D eigenvalue weighted by Crippen LogP contribution is -2.17. The van der Waals surface area contributed by atoms with Gasteiger partial charge < -0.3 is 11.5 Å². The molecule has 12 heavy (non-hydrogen) atoms. The maximum atomic E-state index is 5.76. The van der Waals surface area contributed by atoms with E-state index in [-0.39, 0.29) is 6.04 Å². The highest BCUT2D eigenvalue weighted by Gasteiger charge is 2.00. The summed E-state index contributed by atoms with van der Waals surface area (Å²) in [4.78, 5) is 0. The largest absolute Gasteiger partial charge is 0.398 e. The molecule has 0 spiro atoms. The second-order valence-electron chi connectivity index (χ2n) is 3.04. The van der Waals surface area contributed by atoms with E-state index in [1.54, 1.807) is 6.07 Å². The normalized spacial score (nSPS) is 12.9. The molecule has 0 aromatic heterocycles. The van der Waals surface area contributed by atoms with Crippen LogP contribution in [0.15, 0.2) is 18.2 Å². The van der Waals surface area contributed by atoms with Crippen LogP contribution in [0.25, 0.3) is 0 Å². The van der Waals surface area contributed by atoms with Crippen LogP contribution in [-0.4, -0.2) is 6.04 Å². The zero-order valence-electron chi connectivity index (χ0n) is 7.05. The van der Waals surface area contributed by atoms with Gasteiger partial charge in [-0.3, -0.25) is 0 Å². The van der Waals surface area contributed by atoms with E-state index in [2.05, 4.69) is 0 Å². The molecule has 0 heterocycles. The van der Waals surface area contributed by atoms with Gasteiger partial charge in [0, 0.05) is 6.04 Å². The van der Waals surface area contributed by atoms with E-state index in [1.165, 1.54) is 0 Å². The van der Waals surface area contributed by atoms with Gasteiger partial charge in [-0.15, -0.1) is 0 Å². The Bertz CT molecular complexity index is 271. The molecule has 0 aliphatic heterocycles. The lowest BCUT2D eigenvalue weighted by atomic mass is 10.1. The van der Waals surface area contributed by atoms with E-state index in [9.17, 15) is 0 Å². The third-order valence-corrected chi connectivity index (χ3v) is 1.96. The second-order valence-corrected chi connectivity index (χ2v) is 3.44. The summed E-state index contributed by atoms with van der Waals surface area (Å²) in [5.74, 6) is 0. The number of benzene rings is 1. The molecule has 66 valence electrons. The molecular weight excluding hydrogens is 172 g/mol. The van der Waals surface area contributed by atoms with Crippen molar-refractivity contribution in [1.82, 2.24) is 0 Å². The van der Waals surface area contributed by atoms with E-state index >= 15 is 0 Å². The van der Waals surface area contributed by atoms with Crippen molar-refractivity contribution in [3.63, 3.8) is 0 Å². The van der Waals surface area contributed by atoms with E-state index in [4.69, 9.17) is 23.1 Å². The molecule has 1 aromatic rings. The first-order chi connectivity index (χ1) is 5.59. The topological polar surface area (TPSA) is 52.0 Å². The van der Waals surface area contributed by atoms with Crippen LogP contribution in [0.2, 0.25) is 5.02 Å². The van der Waals surface area contributed by atoms with Gasteiger partial charge in [-0.25, -0.2) is 0 Å². The summed E-state index contributed by atoms with van der Waals surface area (Å²) < 4.78 is 0. The quantitative estimate of drug-likeness (QED) is 0.689. The highest BCUT2D eigenvalue weighted by molar-refractivity contribution is 6.33. The van der Waals surface area contributed by atoms with Crippen LogP contribution in [0.3, 0.4) is 0 Å². The molecular formula is C9H13ClN2. The van der Waals surface area contributed by atoms with Gasteiger partial charge in [0.05, 0.1) is 10.7 Å². The van der Waals surface area contributed by atoms with Crippen molar-refractivity contribution < 1.29 is 0 Å². The molecule has 4 N–H and O–H groups in total. The van der Waals surface area contributed by atoms with Crippen LogP contribution in [0.5, 0.6) is 0 Å². The molecule has 0 aliphatic carbocycles. The predicted molar refractivity (Wildman–Crippen MR) is 53.2 cm³/mol. The number of anilines is 1. The van der Waals surface area contributed by atoms with E-state index in [0.717, 1.165) is 12.0 Å². The summed E-state index contributed by atoms with van der Waals surface area (Å²) in [6.07, 6.45) is 0.835. The van der Waals surface area contributed by atoms with E-state index < -0.39 is 0 Å².